The highest BCUT2D eigenvalue weighted by atomic mass is 16.5. The van der Waals surface area contributed by atoms with E-state index in [-0.39, 0.29) is 0 Å². The second kappa shape index (κ2) is 4.06. The summed E-state index contributed by atoms with van der Waals surface area (Å²) in [6.07, 6.45) is 1.41. The minimum atomic E-state index is -0.511. The Morgan fingerprint density at radius 3 is 2.94 bits per heavy atom. The van der Waals surface area contributed by atoms with Crippen molar-refractivity contribution in [3.05, 3.63) is 45.2 Å². The Bertz CT molecular complexity index is 702. The molecule has 0 atom stereocenters. The maximum Gasteiger partial charge on any atom is 0.325 e. The largest absolute Gasteiger partial charge is 0.490 e. The van der Waals surface area contributed by atoms with Crippen molar-refractivity contribution in [2.24, 2.45) is 0 Å². The molecule has 1 aliphatic rings. The van der Waals surface area contributed by atoms with E-state index in [1.807, 2.05) is 6.07 Å². The molecule has 0 fully saturated rings. The van der Waals surface area contributed by atoms with Gasteiger partial charge in [-0.1, -0.05) is 6.07 Å². The Balaban J connectivity index is 2.12. The van der Waals surface area contributed by atoms with Gasteiger partial charge in [-0.05, 0) is 17.7 Å². The van der Waals surface area contributed by atoms with Crippen LogP contribution in [0.3, 0.4) is 0 Å². The number of rotatable bonds is 1. The lowest BCUT2D eigenvalue weighted by molar-refractivity contribution is 0.323. The van der Waals surface area contributed by atoms with E-state index >= 15 is 0 Å². The third-order valence-electron chi connectivity index (χ3n) is 2.78. The van der Waals surface area contributed by atoms with Gasteiger partial charge in [0.1, 0.15) is 12.4 Å². The van der Waals surface area contributed by atoms with Gasteiger partial charge in [0.15, 0.2) is 0 Å². The number of hydrogen-bond acceptors (Lipinski definition) is 4. The molecule has 92 valence electrons. The summed E-state index contributed by atoms with van der Waals surface area (Å²) in [4.78, 5) is 27.3. The topological polar surface area (TPSA) is 87.0 Å². The molecule has 0 radical (unpaired) electrons. The average molecular weight is 245 g/mol. The Morgan fingerprint density at radius 2 is 2.11 bits per heavy atom. The van der Waals surface area contributed by atoms with Crippen molar-refractivity contribution in [1.82, 2.24) is 9.97 Å². The second-order valence-corrected chi connectivity index (χ2v) is 3.97. The van der Waals surface area contributed by atoms with Crippen LogP contribution in [0, 0.1) is 0 Å². The highest BCUT2D eigenvalue weighted by molar-refractivity contribution is 5.71. The van der Waals surface area contributed by atoms with Crippen LogP contribution in [0.15, 0.2) is 34.0 Å². The number of ether oxygens (including phenoxy) is 1. The van der Waals surface area contributed by atoms with Crippen LogP contribution in [0.5, 0.6) is 5.75 Å². The predicted molar refractivity (Wildman–Crippen MR) is 67.1 cm³/mol. The standard InChI is InChI=1S/C12H11N3O3/c16-11-8(6-14-12(17)15-11)7-1-2-10-9(5-7)13-3-4-18-10/h1-2,5-6,13H,3-4H2,(H2,14,15,16,17). The van der Waals surface area contributed by atoms with Crippen molar-refractivity contribution in [1.29, 1.82) is 0 Å². The number of aromatic nitrogens is 2. The SMILES string of the molecule is O=c1[nH]cc(-c2ccc3c(c2)NCCO3)c(=O)[nH]1. The van der Waals surface area contributed by atoms with E-state index < -0.39 is 11.2 Å². The van der Waals surface area contributed by atoms with E-state index in [1.165, 1.54) is 6.20 Å². The first kappa shape index (κ1) is 10.6. The third-order valence-corrected chi connectivity index (χ3v) is 2.78. The molecule has 0 saturated heterocycles. The molecule has 0 amide bonds. The van der Waals surface area contributed by atoms with Crippen LogP contribution >= 0.6 is 0 Å². The van der Waals surface area contributed by atoms with E-state index in [2.05, 4.69) is 15.3 Å². The van der Waals surface area contributed by atoms with Crippen molar-refractivity contribution >= 4 is 5.69 Å². The zero-order valence-corrected chi connectivity index (χ0v) is 9.45. The van der Waals surface area contributed by atoms with Crippen LogP contribution in [0.4, 0.5) is 5.69 Å². The number of H-pyrrole nitrogens is 2. The molecule has 1 aromatic carbocycles. The van der Waals surface area contributed by atoms with E-state index in [0.717, 1.165) is 23.5 Å². The molecule has 0 spiro atoms. The number of aromatic amines is 2. The fourth-order valence-electron chi connectivity index (χ4n) is 1.93. The van der Waals surface area contributed by atoms with Gasteiger partial charge in [0, 0.05) is 12.7 Å². The molecule has 2 aromatic rings. The Morgan fingerprint density at radius 1 is 1.22 bits per heavy atom. The number of anilines is 1. The van der Waals surface area contributed by atoms with Crippen LogP contribution in [-0.4, -0.2) is 23.1 Å². The molecule has 3 rings (SSSR count). The third kappa shape index (κ3) is 1.77. The maximum absolute atomic E-state index is 11.7. The summed E-state index contributed by atoms with van der Waals surface area (Å²) < 4.78 is 5.46. The van der Waals surface area contributed by atoms with Crippen molar-refractivity contribution in [2.45, 2.75) is 0 Å². The summed E-state index contributed by atoms with van der Waals surface area (Å²) in [5.41, 5.74) is 1.08. The van der Waals surface area contributed by atoms with E-state index in [4.69, 9.17) is 4.74 Å². The number of benzene rings is 1. The van der Waals surface area contributed by atoms with E-state index in [9.17, 15) is 9.59 Å². The normalized spacial score (nSPS) is 13.3. The van der Waals surface area contributed by atoms with Gasteiger partial charge in [-0.15, -0.1) is 0 Å². The van der Waals surface area contributed by atoms with Crippen LogP contribution in [-0.2, 0) is 0 Å². The molecule has 2 heterocycles. The summed E-state index contributed by atoms with van der Waals surface area (Å²) in [7, 11) is 0. The molecular weight excluding hydrogens is 234 g/mol. The summed E-state index contributed by atoms with van der Waals surface area (Å²) in [5.74, 6) is 0.769. The van der Waals surface area contributed by atoms with Gasteiger partial charge in [0.2, 0.25) is 0 Å². The molecule has 0 saturated carbocycles. The molecule has 0 aliphatic carbocycles. The maximum atomic E-state index is 11.7. The summed E-state index contributed by atoms with van der Waals surface area (Å²) in [6, 6.07) is 5.42. The highest BCUT2D eigenvalue weighted by Crippen LogP contribution is 2.30. The molecule has 3 N–H and O–H groups in total. The van der Waals surface area contributed by atoms with Gasteiger partial charge in [0.25, 0.3) is 5.56 Å². The van der Waals surface area contributed by atoms with Crippen molar-refractivity contribution < 1.29 is 4.74 Å². The predicted octanol–water partition coefficient (Wildman–Crippen LogP) is 0.534. The van der Waals surface area contributed by atoms with Crippen LogP contribution in [0.1, 0.15) is 0 Å². The van der Waals surface area contributed by atoms with Crippen LogP contribution < -0.4 is 21.3 Å². The Labute approximate surface area is 102 Å². The van der Waals surface area contributed by atoms with Crippen LogP contribution in [0.2, 0.25) is 0 Å². The molecule has 0 bridgehead atoms. The van der Waals surface area contributed by atoms with Crippen LogP contribution in [0.25, 0.3) is 11.1 Å². The lowest BCUT2D eigenvalue weighted by Crippen LogP contribution is -2.22. The molecule has 1 aromatic heterocycles. The number of hydrogen-bond donors (Lipinski definition) is 3. The fourth-order valence-corrected chi connectivity index (χ4v) is 1.93. The molecule has 0 unspecified atom stereocenters. The first-order chi connectivity index (χ1) is 8.74. The van der Waals surface area contributed by atoms with Gasteiger partial charge in [-0.2, -0.15) is 0 Å². The van der Waals surface area contributed by atoms with Gasteiger partial charge < -0.3 is 15.0 Å². The van der Waals surface area contributed by atoms with E-state index in [1.54, 1.807) is 12.1 Å². The molecule has 6 nitrogen and oxygen atoms in total. The molecule has 6 heteroatoms. The zero-order chi connectivity index (χ0) is 12.5. The smallest absolute Gasteiger partial charge is 0.325 e. The van der Waals surface area contributed by atoms with Gasteiger partial charge >= 0.3 is 5.69 Å². The average Bonchev–Trinajstić information content (AvgIpc) is 2.38. The van der Waals surface area contributed by atoms with Gasteiger partial charge in [-0.3, -0.25) is 9.78 Å². The molecular formula is C12H11N3O3. The van der Waals surface area contributed by atoms with Crippen molar-refractivity contribution in [3.8, 4) is 16.9 Å². The number of nitrogens with one attached hydrogen (secondary N) is 3. The van der Waals surface area contributed by atoms with Crippen molar-refractivity contribution in [3.63, 3.8) is 0 Å². The minimum absolute atomic E-state index is 0.407. The second-order valence-electron chi connectivity index (χ2n) is 3.97. The first-order valence-electron chi connectivity index (χ1n) is 5.57. The lowest BCUT2D eigenvalue weighted by Gasteiger charge is -2.19. The van der Waals surface area contributed by atoms with Gasteiger partial charge in [0.05, 0.1) is 11.3 Å². The Hall–Kier alpha value is -2.50. The monoisotopic (exact) mass is 245 g/mol. The summed E-state index contributed by atoms with van der Waals surface area (Å²) >= 11 is 0. The van der Waals surface area contributed by atoms with Crippen molar-refractivity contribution in [2.75, 3.05) is 18.5 Å². The fraction of sp³-hybridized carbons (Fsp3) is 0.167. The Kier molecular flexibility index (Phi) is 2.40. The number of fused-ring (bicyclic) bond motifs is 1. The first-order valence-corrected chi connectivity index (χ1v) is 5.57. The summed E-state index contributed by atoms with van der Waals surface area (Å²) in [5, 5.41) is 3.19. The quantitative estimate of drug-likeness (QED) is 0.684. The van der Waals surface area contributed by atoms with Gasteiger partial charge in [-0.25, -0.2) is 4.79 Å². The lowest BCUT2D eigenvalue weighted by atomic mass is 10.1. The highest BCUT2D eigenvalue weighted by Gasteiger charge is 2.12. The van der Waals surface area contributed by atoms with E-state index in [0.29, 0.717) is 12.2 Å². The molecule has 18 heavy (non-hydrogen) atoms. The summed E-state index contributed by atoms with van der Waals surface area (Å²) in [6.45, 7) is 1.37. The molecule has 1 aliphatic heterocycles. The zero-order valence-electron chi connectivity index (χ0n) is 9.45. The minimum Gasteiger partial charge on any atom is -0.490 e.